The predicted octanol–water partition coefficient (Wildman–Crippen LogP) is 6.20. The van der Waals surface area contributed by atoms with Crippen LogP contribution in [-0.2, 0) is 6.54 Å². The van der Waals surface area contributed by atoms with E-state index in [-0.39, 0.29) is 5.78 Å². The number of fused-ring (bicyclic) bond motifs is 2. The van der Waals surface area contributed by atoms with E-state index in [1.165, 1.54) is 4.57 Å². The third-order valence-electron chi connectivity index (χ3n) is 5.18. The van der Waals surface area contributed by atoms with Crippen molar-refractivity contribution in [2.24, 2.45) is 0 Å². The van der Waals surface area contributed by atoms with Crippen molar-refractivity contribution in [1.29, 1.82) is 0 Å². The number of carbonyl (C=O) groups is 1. The number of alkyl halides is 3. The highest BCUT2D eigenvalue weighted by atomic mass is 19.4. The summed E-state index contributed by atoms with van der Waals surface area (Å²) in [6.07, 6.45) is -4.37. The molecule has 142 valence electrons. The highest BCUT2D eigenvalue weighted by Crippen LogP contribution is 2.33. The minimum Gasteiger partial charge on any atom is -0.335 e. The zero-order chi connectivity index (χ0) is 20.1. The Morgan fingerprint density at radius 3 is 2.14 bits per heavy atom. The normalized spacial score (nSPS) is 12.0. The molecule has 0 bridgehead atoms. The number of nitrogens with zero attached hydrogens (tertiary/aromatic N) is 1. The molecular weight excluding hydrogens is 363 g/mol. The first-order chi connectivity index (χ1) is 13.3. The highest BCUT2D eigenvalue weighted by Gasteiger charge is 2.31. The lowest BCUT2D eigenvalue weighted by atomic mass is 9.93. The van der Waals surface area contributed by atoms with Gasteiger partial charge in [-0.3, -0.25) is 4.79 Å². The molecule has 4 aromatic rings. The molecule has 0 saturated heterocycles. The maximum Gasteiger partial charge on any atom is 0.406 e. The van der Waals surface area contributed by atoms with Crippen LogP contribution < -0.4 is 0 Å². The summed E-state index contributed by atoms with van der Waals surface area (Å²) in [5.74, 6) is -0.258. The Labute approximate surface area is 160 Å². The fourth-order valence-electron chi connectivity index (χ4n) is 3.88. The van der Waals surface area contributed by atoms with E-state index in [4.69, 9.17) is 0 Å². The van der Waals surface area contributed by atoms with Crippen LogP contribution in [-0.4, -0.2) is 16.5 Å². The van der Waals surface area contributed by atoms with Gasteiger partial charge in [-0.05, 0) is 36.2 Å². The predicted molar refractivity (Wildman–Crippen MR) is 105 cm³/mol. The summed E-state index contributed by atoms with van der Waals surface area (Å²) in [5.41, 5.74) is 2.61. The van der Waals surface area contributed by atoms with Crippen LogP contribution in [0.15, 0.2) is 60.7 Å². The van der Waals surface area contributed by atoms with Gasteiger partial charge in [-0.2, -0.15) is 13.2 Å². The number of hydrogen-bond donors (Lipinski definition) is 0. The second kappa shape index (κ2) is 6.51. The molecule has 28 heavy (non-hydrogen) atoms. The van der Waals surface area contributed by atoms with Crippen molar-refractivity contribution in [2.45, 2.75) is 26.6 Å². The highest BCUT2D eigenvalue weighted by molar-refractivity contribution is 6.22. The molecule has 0 atom stereocenters. The van der Waals surface area contributed by atoms with Crippen molar-refractivity contribution in [1.82, 2.24) is 4.57 Å². The first kappa shape index (κ1) is 18.3. The number of rotatable bonds is 3. The van der Waals surface area contributed by atoms with Gasteiger partial charge < -0.3 is 4.57 Å². The average Bonchev–Trinajstić information content (AvgIpc) is 2.92. The van der Waals surface area contributed by atoms with Gasteiger partial charge in [0, 0.05) is 22.2 Å². The van der Waals surface area contributed by atoms with Gasteiger partial charge in [-0.25, -0.2) is 0 Å². The number of carbonyl (C=O) groups excluding carboxylic acids is 1. The first-order valence-electron chi connectivity index (χ1n) is 8.95. The molecule has 0 unspecified atom stereocenters. The molecule has 1 heterocycles. The molecule has 0 aliphatic rings. The SMILES string of the molecule is Cc1ccc(C(=O)c2c(C)n(CC(F)(F)F)c3ccccc23)c2ccccc12. The van der Waals surface area contributed by atoms with Gasteiger partial charge in [0.25, 0.3) is 0 Å². The number of para-hydroxylation sites is 1. The van der Waals surface area contributed by atoms with E-state index < -0.39 is 12.7 Å². The molecule has 5 heteroatoms. The Morgan fingerprint density at radius 2 is 1.46 bits per heavy atom. The summed E-state index contributed by atoms with van der Waals surface area (Å²) in [6.45, 7) is 2.42. The average molecular weight is 381 g/mol. The van der Waals surface area contributed by atoms with Gasteiger partial charge in [0.2, 0.25) is 0 Å². The van der Waals surface area contributed by atoms with E-state index in [1.54, 1.807) is 37.3 Å². The third-order valence-corrected chi connectivity index (χ3v) is 5.18. The molecule has 0 fully saturated rings. The number of ketones is 1. The van der Waals surface area contributed by atoms with E-state index in [9.17, 15) is 18.0 Å². The van der Waals surface area contributed by atoms with Crippen molar-refractivity contribution in [2.75, 3.05) is 0 Å². The summed E-state index contributed by atoms with van der Waals surface area (Å²) in [7, 11) is 0. The van der Waals surface area contributed by atoms with Crippen LogP contribution in [0.5, 0.6) is 0 Å². The van der Waals surface area contributed by atoms with Crippen LogP contribution in [0, 0.1) is 13.8 Å². The maximum absolute atomic E-state index is 13.5. The van der Waals surface area contributed by atoms with Crippen LogP contribution in [0.3, 0.4) is 0 Å². The Morgan fingerprint density at radius 1 is 0.857 bits per heavy atom. The fraction of sp³-hybridized carbons (Fsp3) is 0.174. The van der Waals surface area contributed by atoms with E-state index >= 15 is 0 Å². The lowest BCUT2D eigenvalue weighted by Gasteiger charge is -2.12. The molecule has 0 aliphatic heterocycles. The Hall–Kier alpha value is -3.08. The summed E-state index contributed by atoms with van der Waals surface area (Å²) in [4.78, 5) is 13.5. The van der Waals surface area contributed by atoms with Gasteiger partial charge >= 0.3 is 6.18 Å². The topological polar surface area (TPSA) is 22.0 Å². The largest absolute Gasteiger partial charge is 0.406 e. The minimum absolute atomic E-state index is 0.258. The van der Waals surface area contributed by atoms with Gasteiger partial charge in [0.15, 0.2) is 5.78 Å². The second-order valence-electron chi connectivity index (χ2n) is 6.98. The van der Waals surface area contributed by atoms with Crippen molar-refractivity contribution in [3.05, 3.63) is 83.0 Å². The van der Waals surface area contributed by atoms with Gasteiger partial charge in [0.05, 0.1) is 5.56 Å². The zero-order valence-electron chi connectivity index (χ0n) is 15.5. The monoisotopic (exact) mass is 381 g/mol. The number of aromatic nitrogens is 1. The molecule has 4 rings (SSSR count). The molecule has 0 N–H and O–H groups in total. The summed E-state index contributed by atoms with van der Waals surface area (Å²) in [6, 6.07) is 18.0. The summed E-state index contributed by atoms with van der Waals surface area (Å²) in [5, 5.41) is 2.31. The van der Waals surface area contributed by atoms with Crippen LogP contribution in [0.1, 0.15) is 27.2 Å². The molecule has 1 aromatic heterocycles. The molecule has 0 radical (unpaired) electrons. The van der Waals surface area contributed by atoms with E-state index in [2.05, 4.69) is 0 Å². The second-order valence-corrected chi connectivity index (χ2v) is 6.98. The van der Waals surface area contributed by atoms with E-state index in [0.717, 1.165) is 16.3 Å². The molecule has 0 aliphatic carbocycles. The van der Waals surface area contributed by atoms with Gasteiger partial charge in [-0.1, -0.05) is 54.6 Å². The molecule has 2 nitrogen and oxygen atoms in total. The van der Waals surface area contributed by atoms with Gasteiger partial charge in [-0.15, -0.1) is 0 Å². The number of benzene rings is 3. The Bertz CT molecular complexity index is 1220. The number of aryl methyl sites for hydroxylation is 1. The molecular formula is C23H18F3NO. The molecule has 0 amide bonds. The van der Waals surface area contributed by atoms with Crippen LogP contribution >= 0.6 is 0 Å². The van der Waals surface area contributed by atoms with Crippen LogP contribution in [0.25, 0.3) is 21.7 Å². The Balaban J connectivity index is 1.97. The number of halogens is 3. The van der Waals surface area contributed by atoms with Crippen molar-refractivity contribution >= 4 is 27.5 Å². The van der Waals surface area contributed by atoms with Crippen molar-refractivity contribution in [3.8, 4) is 0 Å². The van der Waals surface area contributed by atoms with Crippen molar-refractivity contribution in [3.63, 3.8) is 0 Å². The zero-order valence-corrected chi connectivity index (χ0v) is 15.5. The van der Waals surface area contributed by atoms with Crippen molar-refractivity contribution < 1.29 is 18.0 Å². The quantitative estimate of drug-likeness (QED) is 0.387. The molecule has 0 saturated carbocycles. The van der Waals surface area contributed by atoms with E-state index in [1.807, 2.05) is 37.3 Å². The molecule has 3 aromatic carbocycles. The lowest BCUT2D eigenvalue weighted by molar-refractivity contribution is -0.140. The molecule has 0 spiro atoms. The minimum atomic E-state index is -4.37. The van der Waals surface area contributed by atoms with Crippen LogP contribution in [0.4, 0.5) is 13.2 Å². The van der Waals surface area contributed by atoms with Crippen LogP contribution in [0.2, 0.25) is 0 Å². The maximum atomic E-state index is 13.5. The smallest absolute Gasteiger partial charge is 0.335 e. The standard InChI is InChI=1S/C23H18F3NO/c1-14-11-12-18(17-8-4-3-7-16(14)17)22(28)21-15(2)27(13-23(24,25)26)20-10-6-5-9-19(20)21/h3-12H,13H2,1-2H3. The third kappa shape index (κ3) is 2.97. The lowest BCUT2D eigenvalue weighted by Crippen LogP contribution is -2.19. The summed E-state index contributed by atoms with van der Waals surface area (Å²) >= 11 is 0. The Kier molecular flexibility index (Phi) is 4.26. The number of hydrogen-bond acceptors (Lipinski definition) is 1. The summed E-state index contributed by atoms with van der Waals surface area (Å²) < 4.78 is 40.6. The first-order valence-corrected chi connectivity index (χ1v) is 8.95. The fourth-order valence-corrected chi connectivity index (χ4v) is 3.88. The van der Waals surface area contributed by atoms with Gasteiger partial charge in [0.1, 0.15) is 6.54 Å². The van der Waals surface area contributed by atoms with E-state index in [0.29, 0.717) is 27.7 Å².